The van der Waals surface area contributed by atoms with Gasteiger partial charge in [-0.25, -0.2) is 0 Å². The van der Waals surface area contributed by atoms with Gasteiger partial charge in [-0.05, 0) is 62.9 Å². The number of amides is 2. The number of carbonyl (C=O) groups is 2. The molecule has 1 aliphatic heterocycles. The van der Waals surface area contributed by atoms with Gasteiger partial charge in [0.1, 0.15) is 0 Å². The van der Waals surface area contributed by atoms with Crippen molar-refractivity contribution < 1.29 is 19.4 Å². The van der Waals surface area contributed by atoms with E-state index >= 15 is 0 Å². The van der Waals surface area contributed by atoms with Gasteiger partial charge < -0.3 is 30.7 Å². The molecule has 3 aromatic carbocycles. The van der Waals surface area contributed by atoms with Crippen molar-refractivity contribution in [1.29, 1.82) is 0 Å². The van der Waals surface area contributed by atoms with E-state index in [0.717, 1.165) is 23.2 Å². The number of benzene rings is 3. The molecule has 4 N–H and O–H groups in total. The van der Waals surface area contributed by atoms with E-state index in [0.29, 0.717) is 50.4 Å². The number of aliphatic hydroxyl groups is 1. The largest absolute Gasteiger partial charge is 0.390 e. The second-order valence-corrected chi connectivity index (χ2v) is 11.5. The molecule has 1 fully saturated rings. The van der Waals surface area contributed by atoms with E-state index in [4.69, 9.17) is 4.74 Å². The number of nitrogens with one attached hydrogen (secondary N) is 3. The Bertz CT molecular complexity index is 1300. The third-order valence-electron chi connectivity index (χ3n) is 7.39. The van der Waals surface area contributed by atoms with Crippen LogP contribution in [0.1, 0.15) is 55.1 Å². The summed E-state index contributed by atoms with van der Waals surface area (Å²) in [7, 11) is 0. The average Bonchev–Trinajstić information content (AvgIpc) is 3.42. The maximum absolute atomic E-state index is 13.6. The highest BCUT2D eigenvalue weighted by Crippen LogP contribution is 2.27. The molecule has 0 saturated carbocycles. The van der Waals surface area contributed by atoms with Crippen LogP contribution < -0.4 is 20.9 Å². The van der Waals surface area contributed by atoms with Crippen molar-refractivity contribution in [3.8, 4) is 0 Å². The lowest BCUT2D eigenvalue weighted by atomic mass is 9.99. The summed E-state index contributed by atoms with van der Waals surface area (Å²) < 4.78 is 5.94. The van der Waals surface area contributed by atoms with Crippen LogP contribution in [0.15, 0.2) is 78.9 Å². The van der Waals surface area contributed by atoms with Crippen LogP contribution in [0, 0.1) is 0 Å². The molecule has 0 aromatic heterocycles. The smallest absolute Gasteiger partial charge is 0.251 e. The number of hydrogen-bond donors (Lipinski definition) is 4. The predicted molar refractivity (Wildman–Crippen MR) is 168 cm³/mol. The zero-order valence-corrected chi connectivity index (χ0v) is 24.9. The molecule has 2 atom stereocenters. The lowest BCUT2D eigenvalue weighted by Gasteiger charge is -2.31. The van der Waals surface area contributed by atoms with Gasteiger partial charge in [-0.1, -0.05) is 60.7 Å². The number of ether oxygens (including phenoxy) is 1. The van der Waals surface area contributed by atoms with Crippen LogP contribution in [0.2, 0.25) is 0 Å². The number of hydrogen-bond acceptors (Lipinski definition) is 6. The van der Waals surface area contributed by atoms with Crippen molar-refractivity contribution in [1.82, 2.24) is 10.6 Å². The molecular formula is C34H44N4O4. The zero-order valence-electron chi connectivity index (χ0n) is 24.9. The van der Waals surface area contributed by atoms with Gasteiger partial charge in [-0.3, -0.25) is 9.59 Å². The van der Waals surface area contributed by atoms with Crippen LogP contribution in [0.3, 0.4) is 0 Å². The first kappa shape index (κ1) is 31.2. The van der Waals surface area contributed by atoms with Crippen LogP contribution in [0.4, 0.5) is 11.4 Å². The van der Waals surface area contributed by atoms with Crippen molar-refractivity contribution in [3.63, 3.8) is 0 Å². The average molecular weight is 573 g/mol. The molecule has 3 aromatic rings. The van der Waals surface area contributed by atoms with Crippen LogP contribution in [-0.4, -0.2) is 60.8 Å². The van der Waals surface area contributed by atoms with Crippen molar-refractivity contribution in [2.45, 2.75) is 64.3 Å². The molecule has 42 heavy (non-hydrogen) atoms. The van der Waals surface area contributed by atoms with Gasteiger partial charge in [0.15, 0.2) is 0 Å². The van der Waals surface area contributed by atoms with Gasteiger partial charge in [0.25, 0.3) is 5.91 Å². The summed E-state index contributed by atoms with van der Waals surface area (Å²) in [6, 6.07) is 24.8. The fourth-order valence-electron chi connectivity index (χ4n) is 5.10. The van der Waals surface area contributed by atoms with Gasteiger partial charge in [-0.2, -0.15) is 0 Å². The number of β-amino-alcohol motifs (C(OH)–C–C–N with tert-alkyl or cyclic N) is 1. The molecule has 8 nitrogen and oxygen atoms in total. The molecule has 8 heteroatoms. The second-order valence-electron chi connectivity index (χ2n) is 11.5. The molecule has 0 bridgehead atoms. The van der Waals surface area contributed by atoms with E-state index in [-0.39, 0.29) is 18.4 Å². The molecule has 2 amide bonds. The number of rotatable bonds is 15. The summed E-state index contributed by atoms with van der Waals surface area (Å²) >= 11 is 0. The Labute approximate surface area is 249 Å². The Morgan fingerprint density at radius 1 is 1.02 bits per heavy atom. The van der Waals surface area contributed by atoms with Crippen molar-refractivity contribution in [2.75, 3.05) is 36.5 Å². The summed E-state index contributed by atoms with van der Waals surface area (Å²) in [4.78, 5) is 27.8. The minimum atomic E-state index is -0.862. The maximum atomic E-state index is 13.6. The summed E-state index contributed by atoms with van der Waals surface area (Å²) in [6.45, 7) is 8.61. The number of nitrogens with zero attached hydrogens (tertiary/aromatic N) is 1. The standard InChI is InChI=1S/C34H44N4O4/c1-4-35-28-19-27(20-29(21-28)38-17-11-16-32(38)40)33(41)37-30(18-25-12-7-5-8-13-25)31(39)22-36-34(2,3)24-42-23-26-14-9-6-10-15-26/h5-10,12-15,19-21,30-31,35-36,39H,4,11,16-18,22-24H2,1-3H3,(H,37,41). The second kappa shape index (κ2) is 15.0. The maximum Gasteiger partial charge on any atom is 0.251 e. The molecule has 224 valence electrons. The van der Waals surface area contributed by atoms with E-state index in [1.165, 1.54) is 0 Å². The Morgan fingerprint density at radius 3 is 2.36 bits per heavy atom. The van der Waals surface area contributed by atoms with E-state index in [9.17, 15) is 14.7 Å². The van der Waals surface area contributed by atoms with Crippen LogP contribution in [0.25, 0.3) is 0 Å². The first-order chi connectivity index (χ1) is 20.2. The summed E-state index contributed by atoms with van der Waals surface area (Å²) in [6.07, 6.45) is 0.917. The number of carbonyl (C=O) groups excluding carboxylic acids is 2. The van der Waals surface area contributed by atoms with Gasteiger partial charge in [-0.15, -0.1) is 0 Å². The van der Waals surface area contributed by atoms with Gasteiger partial charge >= 0.3 is 0 Å². The molecule has 1 aliphatic rings. The summed E-state index contributed by atoms with van der Waals surface area (Å²) in [5, 5.41) is 21.1. The minimum absolute atomic E-state index is 0.0637. The topological polar surface area (TPSA) is 103 Å². The predicted octanol–water partition coefficient (Wildman–Crippen LogP) is 4.53. The van der Waals surface area contributed by atoms with Crippen molar-refractivity contribution >= 4 is 23.2 Å². The molecule has 1 heterocycles. The molecule has 0 aliphatic carbocycles. The lowest BCUT2D eigenvalue weighted by Crippen LogP contribution is -2.53. The van der Waals surface area contributed by atoms with E-state index in [2.05, 4.69) is 16.0 Å². The zero-order chi connectivity index (χ0) is 30.0. The lowest BCUT2D eigenvalue weighted by molar-refractivity contribution is -0.117. The van der Waals surface area contributed by atoms with Crippen LogP contribution >= 0.6 is 0 Å². The molecule has 0 spiro atoms. The Morgan fingerprint density at radius 2 is 1.71 bits per heavy atom. The summed E-state index contributed by atoms with van der Waals surface area (Å²) in [5.74, 6) is -0.234. The van der Waals surface area contributed by atoms with E-state index in [1.54, 1.807) is 17.0 Å². The normalized spacial score (nSPS) is 15.0. The molecule has 2 unspecified atom stereocenters. The van der Waals surface area contributed by atoms with E-state index < -0.39 is 17.7 Å². The SMILES string of the molecule is CCNc1cc(C(=O)NC(Cc2ccccc2)C(O)CNC(C)(C)COCc2ccccc2)cc(N2CCCC2=O)c1. The first-order valence-electron chi connectivity index (χ1n) is 14.8. The first-order valence-corrected chi connectivity index (χ1v) is 14.8. The quantitative estimate of drug-likeness (QED) is 0.213. The fourth-order valence-corrected chi connectivity index (χ4v) is 5.10. The third kappa shape index (κ3) is 9.14. The fraction of sp³-hybridized carbons (Fsp3) is 0.412. The highest BCUT2D eigenvalue weighted by molar-refractivity contribution is 6.00. The van der Waals surface area contributed by atoms with Crippen molar-refractivity contribution in [2.24, 2.45) is 0 Å². The number of anilines is 2. The van der Waals surface area contributed by atoms with E-state index in [1.807, 2.05) is 87.5 Å². The number of aliphatic hydroxyl groups excluding tert-OH is 1. The Kier molecular flexibility index (Phi) is 11.1. The Hall–Kier alpha value is -3.72. The third-order valence-corrected chi connectivity index (χ3v) is 7.39. The molecule has 4 rings (SSSR count). The summed E-state index contributed by atoms with van der Waals surface area (Å²) in [5.41, 5.74) is 3.65. The van der Waals surface area contributed by atoms with Gasteiger partial charge in [0.05, 0.1) is 25.4 Å². The molecular weight excluding hydrogens is 528 g/mol. The van der Waals surface area contributed by atoms with Gasteiger partial charge in [0.2, 0.25) is 5.91 Å². The Balaban J connectivity index is 1.45. The van der Waals surface area contributed by atoms with Crippen LogP contribution in [-0.2, 0) is 22.6 Å². The highest BCUT2D eigenvalue weighted by atomic mass is 16.5. The molecule has 0 radical (unpaired) electrons. The van der Waals surface area contributed by atoms with Gasteiger partial charge in [0, 0.05) is 48.5 Å². The minimum Gasteiger partial charge on any atom is -0.390 e. The highest BCUT2D eigenvalue weighted by Gasteiger charge is 2.27. The van der Waals surface area contributed by atoms with Crippen molar-refractivity contribution in [3.05, 3.63) is 95.6 Å². The molecule has 1 saturated heterocycles. The van der Waals surface area contributed by atoms with Crippen LogP contribution in [0.5, 0.6) is 0 Å². The monoisotopic (exact) mass is 572 g/mol.